The van der Waals surface area contributed by atoms with E-state index in [1.54, 1.807) is 0 Å². The van der Waals surface area contributed by atoms with Gasteiger partial charge in [0, 0.05) is 0 Å². The van der Waals surface area contributed by atoms with Gasteiger partial charge in [0.15, 0.2) is 69.8 Å². The third kappa shape index (κ3) is 7.15. The van der Waals surface area contributed by atoms with E-state index in [1.165, 1.54) is 10.6 Å². The molecule has 0 unspecified atom stereocenters. The monoisotopic (exact) mass is 820 g/mol. The molecule has 0 aliphatic rings. The van der Waals surface area contributed by atoms with Crippen molar-refractivity contribution >= 4 is 43.2 Å². The smallest absolute Gasteiger partial charge is 0.200 e. The molecule has 0 aromatic heterocycles. The summed E-state index contributed by atoms with van der Waals surface area (Å²) in [4.78, 5) is 0. The summed E-state index contributed by atoms with van der Waals surface area (Å²) >= 11 is 0.755. The van der Waals surface area contributed by atoms with Crippen LogP contribution in [0.2, 0.25) is 10.6 Å². The van der Waals surface area contributed by atoms with Crippen LogP contribution in [0, 0.1) is 128 Å². The standard InChI is InChI=1S/C24BF20.2C4H9.Al/c26-5-1(6(27)14(35)21(42)13(5)34)25(2-7(28)15(36)22(43)16(37)8(2)29,3-9(30)17(38)23(44)18(39)10(3)31)4-11(32)19(40)24(45)20(41)12(4)33;2*1-4(2)3;/h;2*4H,1H2,2-3H3;/q-1;;;+1. The molecule has 0 nitrogen and oxygen atoms in total. The zero-order valence-electron chi connectivity index (χ0n) is 27.3. The van der Waals surface area contributed by atoms with E-state index in [0.29, 0.717) is 0 Å². The molecule has 0 bridgehead atoms. The molecule has 0 saturated heterocycles. The van der Waals surface area contributed by atoms with Gasteiger partial charge in [-0.25, -0.2) is 87.8 Å². The summed E-state index contributed by atoms with van der Waals surface area (Å²) in [6.07, 6.45) is -7.22. The van der Waals surface area contributed by atoms with Gasteiger partial charge in [0.05, 0.1) is 0 Å². The van der Waals surface area contributed by atoms with Crippen molar-refractivity contribution in [1.82, 2.24) is 0 Å². The second-order valence-corrected chi connectivity index (χ2v) is 13.9. The maximum atomic E-state index is 15.4. The van der Waals surface area contributed by atoms with Gasteiger partial charge in [-0.05, 0) is 0 Å². The van der Waals surface area contributed by atoms with Crippen LogP contribution < -0.4 is 21.9 Å². The van der Waals surface area contributed by atoms with Gasteiger partial charge in [-0.1, -0.05) is 0 Å². The van der Waals surface area contributed by atoms with Gasteiger partial charge in [-0.3, -0.25) is 0 Å². The van der Waals surface area contributed by atoms with Crippen molar-refractivity contribution in [3.8, 4) is 0 Å². The minimum atomic E-state index is -7.22. The average molecular weight is 820 g/mol. The van der Waals surface area contributed by atoms with Gasteiger partial charge in [-0.15, -0.1) is 21.9 Å². The number of rotatable bonds is 8. The largest absolute Gasteiger partial charge is 0.207 e. The first-order valence-electron chi connectivity index (χ1n) is 14.9. The molecule has 0 aliphatic carbocycles. The van der Waals surface area contributed by atoms with Crippen LogP contribution in [0.4, 0.5) is 87.8 Å². The Kier molecular flexibility index (Phi) is 13.5. The van der Waals surface area contributed by atoms with Crippen molar-refractivity contribution in [2.45, 2.75) is 38.3 Å². The third-order valence-electron chi connectivity index (χ3n) is 7.98. The molecule has 0 fully saturated rings. The van der Waals surface area contributed by atoms with Crippen molar-refractivity contribution in [3.63, 3.8) is 0 Å². The van der Waals surface area contributed by atoms with Gasteiger partial charge in [0.2, 0.25) is 0 Å². The predicted octanol–water partition coefficient (Wildman–Crippen LogP) is 8.69. The summed E-state index contributed by atoms with van der Waals surface area (Å²) in [5.41, 5.74) is -14.3. The molecule has 4 aromatic rings. The summed E-state index contributed by atoms with van der Waals surface area (Å²) in [7, 11) is 0. The molecule has 4 rings (SSSR count). The first-order valence-corrected chi connectivity index (χ1v) is 16.5. The number of hydrogen-bond acceptors (Lipinski definition) is 0. The van der Waals surface area contributed by atoms with Gasteiger partial charge in [-0.2, -0.15) is 0 Å². The topological polar surface area (TPSA) is 0 Å². The minimum Gasteiger partial charge on any atom is -0.207 e. The van der Waals surface area contributed by atoms with Gasteiger partial charge in [0.1, 0.15) is 52.7 Å². The Morgan fingerprint density at radius 3 is 0.537 bits per heavy atom. The fourth-order valence-corrected chi connectivity index (χ4v) is 7.16. The Balaban J connectivity index is 0.000000772. The molecular formula is C32H18AlBF20. The van der Waals surface area contributed by atoms with Crippen LogP contribution in [-0.4, -0.2) is 21.4 Å². The molecule has 0 spiro atoms. The fourth-order valence-electron chi connectivity index (χ4n) is 5.64. The Morgan fingerprint density at radius 1 is 0.278 bits per heavy atom. The van der Waals surface area contributed by atoms with E-state index < -0.39 is 144 Å². The Labute approximate surface area is 297 Å². The zero-order valence-corrected chi connectivity index (χ0v) is 28.4. The number of hydrogen-bond donors (Lipinski definition) is 0. The van der Waals surface area contributed by atoms with Crippen molar-refractivity contribution in [2.75, 3.05) is 0 Å². The quantitative estimate of drug-likeness (QED) is 0.0723. The summed E-state index contributed by atoms with van der Waals surface area (Å²) < 4.78 is 294. The van der Waals surface area contributed by atoms with Crippen molar-refractivity contribution in [3.05, 3.63) is 116 Å². The van der Waals surface area contributed by atoms with Gasteiger partial charge >= 0.3 is 65.3 Å². The molecule has 292 valence electrons. The van der Waals surface area contributed by atoms with Crippen LogP contribution in [0.3, 0.4) is 0 Å². The Morgan fingerprint density at radius 2 is 0.407 bits per heavy atom. The molecule has 0 saturated carbocycles. The van der Waals surface area contributed by atoms with Gasteiger partial charge < -0.3 is 0 Å². The normalized spacial score (nSPS) is 11.7. The molecule has 0 heterocycles. The summed E-state index contributed by atoms with van der Waals surface area (Å²) in [6, 6.07) is 0. The minimum absolute atomic E-state index is 0.755. The van der Waals surface area contributed by atoms with E-state index >= 15 is 35.1 Å². The second-order valence-electron chi connectivity index (χ2n) is 12.3. The summed E-state index contributed by atoms with van der Waals surface area (Å²) in [5, 5.41) is 2.97. The van der Waals surface area contributed by atoms with Crippen molar-refractivity contribution in [2.24, 2.45) is 11.8 Å². The Hall–Kier alpha value is -3.92. The fraction of sp³-hybridized carbons (Fsp3) is 0.250. The van der Waals surface area contributed by atoms with Gasteiger partial charge in [0.25, 0.3) is 0 Å². The molecule has 0 atom stereocenters. The van der Waals surface area contributed by atoms with Crippen LogP contribution in [0.15, 0.2) is 0 Å². The molecule has 0 N–H and O–H groups in total. The number of halogens is 20. The van der Waals surface area contributed by atoms with Crippen LogP contribution in [0.25, 0.3) is 0 Å². The van der Waals surface area contributed by atoms with Crippen LogP contribution in [0.5, 0.6) is 0 Å². The SMILES string of the molecule is CC(C)[CH2][Al+][CH2]C(C)C.Fc1c(F)c(F)c([B-](c2c(F)c(F)c(F)c(F)c2F)(c2c(F)c(F)c(F)c(F)c2F)c2c(F)c(F)c(F)c(F)c2F)c(F)c1F. The maximum Gasteiger partial charge on any atom is 0.200 e. The van der Waals surface area contributed by atoms with Crippen LogP contribution >= 0.6 is 0 Å². The Bertz CT molecular complexity index is 1730. The first-order chi connectivity index (χ1) is 24.8. The molecule has 0 aliphatic heterocycles. The van der Waals surface area contributed by atoms with Crippen molar-refractivity contribution in [1.29, 1.82) is 0 Å². The van der Waals surface area contributed by atoms with Crippen LogP contribution in [0.1, 0.15) is 27.7 Å². The first kappa shape index (κ1) is 44.5. The zero-order chi connectivity index (χ0) is 41.6. The van der Waals surface area contributed by atoms with E-state index in [1.807, 2.05) is 0 Å². The molecule has 54 heavy (non-hydrogen) atoms. The molecule has 0 amide bonds. The summed E-state index contributed by atoms with van der Waals surface area (Å²) in [5.74, 6) is -69.5. The predicted molar refractivity (Wildman–Crippen MR) is 154 cm³/mol. The molecule has 22 heteroatoms. The van der Waals surface area contributed by atoms with E-state index in [2.05, 4.69) is 27.7 Å². The van der Waals surface area contributed by atoms with E-state index in [-0.39, 0.29) is 0 Å². The summed E-state index contributed by atoms with van der Waals surface area (Å²) in [6.45, 7) is 9.25. The average Bonchev–Trinajstić information content (AvgIpc) is 3.11. The van der Waals surface area contributed by atoms with E-state index in [0.717, 1.165) is 27.1 Å². The van der Waals surface area contributed by atoms with Crippen molar-refractivity contribution < 1.29 is 87.8 Å². The van der Waals surface area contributed by atoms with Crippen LogP contribution in [-0.2, 0) is 0 Å². The third-order valence-corrected chi connectivity index (χ3v) is 10.5. The number of benzene rings is 4. The molecule has 4 aromatic carbocycles. The van der Waals surface area contributed by atoms with E-state index in [4.69, 9.17) is 0 Å². The second kappa shape index (κ2) is 16.4. The molecule has 0 radical (unpaired) electrons. The maximum absolute atomic E-state index is 15.4. The molecular weight excluding hydrogens is 802 g/mol. The van der Waals surface area contributed by atoms with E-state index in [9.17, 15) is 52.7 Å².